The van der Waals surface area contributed by atoms with Crippen LogP contribution in [0.25, 0.3) is 10.9 Å². The molecule has 35 heavy (non-hydrogen) atoms. The number of methoxy groups -OCH3 is 1. The predicted molar refractivity (Wildman–Crippen MR) is 143 cm³/mol. The molecule has 186 valence electrons. The summed E-state index contributed by atoms with van der Waals surface area (Å²) < 4.78 is 7.97. The van der Waals surface area contributed by atoms with Gasteiger partial charge < -0.3 is 9.30 Å². The fraction of sp³-hybridized carbons (Fsp3) is 0.516. The standard InChI is InChI=1S/C31H40N2O2/c1-3-4-6-11-23-20-25-16-17-26(21-23)33(25)19-10-18-32-22-28(31(34)24-12-7-5-8-13-24)27-14-9-15-29(35-2)30(27)32/h5,7-9,12-15,22-23,25-26H,3-4,6,10-11,16-21H2,1-2H3/t23-,25+,26-. The summed E-state index contributed by atoms with van der Waals surface area (Å²) in [6.07, 6.45) is 14.3. The highest BCUT2D eigenvalue weighted by atomic mass is 16.5. The van der Waals surface area contributed by atoms with E-state index in [-0.39, 0.29) is 5.78 Å². The quantitative estimate of drug-likeness (QED) is 0.221. The van der Waals surface area contributed by atoms with E-state index in [1.807, 2.05) is 48.5 Å². The maximum atomic E-state index is 13.4. The second-order valence-corrected chi connectivity index (χ2v) is 10.6. The smallest absolute Gasteiger partial charge is 0.195 e. The van der Waals surface area contributed by atoms with Crippen molar-refractivity contribution in [3.05, 3.63) is 65.9 Å². The van der Waals surface area contributed by atoms with Crippen molar-refractivity contribution >= 4 is 16.7 Å². The molecule has 0 aliphatic carbocycles. The molecule has 2 aromatic carbocycles. The molecule has 4 nitrogen and oxygen atoms in total. The van der Waals surface area contributed by atoms with E-state index in [9.17, 15) is 4.79 Å². The van der Waals surface area contributed by atoms with E-state index in [1.54, 1.807) is 7.11 Å². The van der Waals surface area contributed by atoms with Crippen molar-refractivity contribution in [3.63, 3.8) is 0 Å². The second-order valence-electron chi connectivity index (χ2n) is 10.6. The molecular weight excluding hydrogens is 432 g/mol. The van der Waals surface area contributed by atoms with Crippen LogP contribution in [0.1, 0.15) is 80.6 Å². The van der Waals surface area contributed by atoms with Gasteiger partial charge in [-0.25, -0.2) is 0 Å². The fourth-order valence-electron chi connectivity index (χ4n) is 6.69. The lowest BCUT2D eigenvalue weighted by Gasteiger charge is -2.39. The maximum Gasteiger partial charge on any atom is 0.195 e. The average molecular weight is 473 g/mol. The molecule has 0 N–H and O–H groups in total. The predicted octanol–water partition coefficient (Wildman–Crippen LogP) is 7.09. The summed E-state index contributed by atoms with van der Waals surface area (Å²) in [6, 6.07) is 17.2. The Morgan fingerprint density at radius 2 is 1.71 bits per heavy atom. The van der Waals surface area contributed by atoms with Gasteiger partial charge in [-0.3, -0.25) is 9.69 Å². The molecule has 5 rings (SSSR count). The highest BCUT2D eigenvalue weighted by molar-refractivity contribution is 6.17. The third kappa shape index (κ3) is 5.04. The lowest BCUT2D eigenvalue weighted by molar-refractivity contribution is 0.0966. The maximum absolute atomic E-state index is 13.4. The van der Waals surface area contributed by atoms with Gasteiger partial charge in [-0.1, -0.05) is 75.1 Å². The number of carbonyl (C=O) groups is 1. The Morgan fingerprint density at radius 1 is 0.943 bits per heavy atom. The molecule has 4 heteroatoms. The summed E-state index contributed by atoms with van der Waals surface area (Å²) in [5, 5.41) is 0.978. The number of ketones is 1. The van der Waals surface area contributed by atoms with Crippen molar-refractivity contribution in [1.82, 2.24) is 9.47 Å². The number of piperidine rings is 1. The number of para-hydroxylation sites is 1. The van der Waals surface area contributed by atoms with Gasteiger partial charge in [-0.2, -0.15) is 0 Å². The summed E-state index contributed by atoms with van der Waals surface area (Å²) in [4.78, 5) is 16.2. The molecule has 2 aliphatic heterocycles. The zero-order valence-corrected chi connectivity index (χ0v) is 21.4. The molecule has 1 aromatic heterocycles. The Labute approximate surface area is 210 Å². The molecule has 3 atom stereocenters. The first-order valence-corrected chi connectivity index (χ1v) is 13.7. The van der Waals surface area contributed by atoms with Gasteiger partial charge in [0.05, 0.1) is 12.6 Å². The second kappa shape index (κ2) is 11.0. The third-order valence-electron chi connectivity index (χ3n) is 8.38. The summed E-state index contributed by atoms with van der Waals surface area (Å²) in [6.45, 7) is 4.35. The molecule has 2 bridgehead atoms. The van der Waals surface area contributed by atoms with Gasteiger partial charge in [0.15, 0.2) is 5.78 Å². The molecule has 2 fully saturated rings. The van der Waals surface area contributed by atoms with Gasteiger partial charge in [0.1, 0.15) is 5.75 Å². The molecule has 3 heterocycles. The van der Waals surface area contributed by atoms with Crippen molar-refractivity contribution in [2.45, 2.75) is 83.3 Å². The van der Waals surface area contributed by atoms with Crippen LogP contribution < -0.4 is 4.74 Å². The number of benzene rings is 2. The average Bonchev–Trinajstić information content (AvgIpc) is 3.37. The lowest BCUT2D eigenvalue weighted by atomic mass is 9.86. The highest BCUT2D eigenvalue weighted by Crippen LogP contribution is 2.40. The largest absolute Gasteiger partial charge is 0.495 e. The van der Waals surface area contributed by atoms with Gasteiger partial charge in [-0.05, 0) is 44.1 Å². The molecule has 0 spiro atoms. The monoisotopic (exact) mass is 472 g/mol. The summed E-state index contributed by atoms with van der Waals surface area (Å²) >= 11 is 0. The molecule has 2 aliphatic rings. The van der Waals surface area contributed by atoms with Crippen molar-refractivity contribution in [3.8, 4) is 5.75 Å². The van der Waals surface area contributed by atoms with Crippen LogP contribution in [-0.2, 0) is 6.54 Å². The van der Waals surface area contributed by atoms with Gasteiger partial charge in [-0.15, -0.1) is 0 Å². The van der Waals surface area contributed by atoms with Crippen LogP contribution >= 0.6 is 0 Å². The zero-order chi connectivity index (χ0) is 24.2. The minimum atomic E-state index is 0.0748. The number of fused-ring (bicyclic) bond motifs is 3. The molecule has 0 amide bonds. The van der Waals surface area contributed by atoms with Crippen LogP contribution in [-0.4, -0.2) is 41.0 Å². The Bertz CT molecular complexity index is 1120. The van der Waals surface area contributed by atoms with Crippen molar-refractivity contribution in [2.75, 3.05) is 13.7 Å². The van der Waals surface area contributed by atoms with Crippen LogP contribution in [0.4, 0.5) is 0 Å². The molecule has 0 unspecified atom stereocenters. The molecular formula is C31H40N2O2. The normalized spacial score (nSPS) is 22.1. The van der Waals surface area contributed by atoms with Gasteiger partial charge >= 0.3 is 0 Å². The van der Waals surface area contributed by atoms with E-state index in [2.05, 4.69) is 22.6 Å². The summed E-state index contributed by atoms with van der Waals surface area (Å²) in [7, 11) is 1.72. The lowest BCUT2D eigenvalue weighted by Crippen LogP contribution is -2.43. The van der Waals surface area contributed by atoms with Crippen LogP contribution in [0.3, 0.4) is 0 Å². The molecule has 3 aromatic rings. The zero-order valence-electron chi connectivity index (χ0n) is 21.4. The Hall–Kier alpha value is -2.59. The number of rotatable bonds is 11. The van der Waals surface area contributed by atoms with Crippen molar-refractivity contribution in [2.24, 2.45) is 5.92 Å². The first kappa shape index (κ1) is 24.1. The number of nitrogens with zero attached hydrogens (tertiary/aromatic N) is 2. The van der Waals surface area contributed by atoms with Crippen molar-refractivity contribution < 1.29 is 9.53 Å². The van der Waals surface area contributed by atoms with Crippen LogP contribution in [0.2, 0.25) is 0 Å². The topological polar surface area (TPSA) is 34.5 Å². The summed E-state index contributed by atoms with van der Waals surface area (Å²) in [5.41, 5.74) is 2.53. The molecule has 0 saturated carbocycles. The number of hydrogen-bond acceptors (Lipinski definition) is 3. The number of hydrogen-bond donors (Lipinski definition) is 0. The van der Waals surface area contributed by atoms with E-state index >= 15 is 0 Å². The SMILES string of the molecule is CCCCC[C@H]1C[C@H]2CC[C@@H](C1)N2CCCn1cc(C(=O)c2ccccc2)c2cccc(OC)c21. The number of aryl methyl sites for hydroxylation is 1. The van der Waals surface area contributed by atoms with Crippen LogP contribution in [0, 0.1) is 5.92 Å². The number of aromatic nitrogens is 1. The molecule has 2 saturated heterocycles. The van der Waals surface area contributed by atoms with Gasteiger partial charge in [0.2, 0.25) is 0 Å². The minimum absolute atomic E-state index is 0.0748. The van der Waals surface area contributed by atoms with E-state index in [0.717, 1.165) is 65.3 Å². The highest BCUT2D eigenvalue weighted by Gasteiger charge is 2.39. The van der Waals surface area contributed by atoms with Gasteiger partial charge in [0, 0.05) is 47.9 Å². The Kier molecular flexibility index (Phi) is 7.57. The number of carbonyl (C=O) groups excluding carboxylic acids is 1. The first-order chi connectivity index (χ1) is 17.2. The number of ether oxygens (including phenoxy) is 1. The van der Waals surface area contributed by atoms with Gasteiger partial charge in [0.25, 0.3) is 0 Å². The Balaban J connectivity index is 1.29. The molecule has 0 radical (unpaired) electrons. The van der Waals surface area contributed by atoms with E-state index in [0.29, 0.717) is 0 Å². The van der Waals surface area contributed by atoms with Crippen LogP contribution in [0.15, 0.2) is 54.7 Å². The summed E-state index contributed by atoms with van der Waals surface area (Å²) in [5.74, 6) is 1.85. The van der Waals surface area contributed by atoms with Crippen molar-refractivity contribution in [1.29, 1.82) is 0 Å². The Morgan fingerprint density at radius 3 is 2.43 bits per heavy atom. The first-order valence-electron chi connectivity index (χ1n) is 13.7. The minimum Gasteiger partial charge on any atom is -0.495 e. The third-order valence-corrected chi connectivity index (χ3v) is 8.38. The van der Waals surface area contributed by atoms with E-state index < -0.39 is 0 Å². The number of unbranched alkanes of at least 4 members (excludes halogenated alkanes) is 2. The fourth-order valence-corrected chi connectivity index (χ4v) is 6.69. The van der Waals surface area contributed by atoms with E-state index in [1.165, 1.54) is 51.4 Å². The van der Waals surface area contributed by atoms with E-state index in [4.69, 9.17) is 4.74 Å². The van der Waals surface area contributed by atoms with Crippen LogP contribution in [0.5, 0.6) is 5.75 Å².